The number of amides is 1. The lowest BCUT2D eigenvalue weighted by atomic mass is 10.0. The maximum atomic E-state index is 12.8. The van der Waals surface area contributed by atoms with Crippen LogP contribution in [0.2, 0.25) is 0 Å². The van der Waals surface area contributed by atoms with E-state index < -0.39 is 10.0 Å². The first kappa shape index (κ1) is 22.1. The zero-order valence-corrected chi connectivity index (χ0v) is 18.4. The summed E-state index contributed by atoms with van der Waals surface area (Å²) in [4.78, 5) is 13.0. The predicted molar refractivity (Wildman–Crippen MR) is 114 cm³/mol. The molecule has 7 nitrogen and oxygen atoms in total. The van der Waals surface area contributed by atoms with Crippen molar-refractivity contribution in [3.05, 3.63) is 53.6 Å². The number of methoxy groups -OCH3 is 2. The van der Waals surface area contributed by atoms with Crippen molar-refractivity contribution in [2.45, 2.75) is 37.1 Å². The summed E-state index contributed by atoms with van der Waals surface area (Å²) < 4.78 is 37.4. The molecule has 0 radical (unpaired) electrons. The lowest BCUT2D eigenvalue weighted by Gasteiger charge is -2.19. The van der Waals surface area contributed by atoms with E-state index in [0.29, 0.717) is 36.6 Å². The lowest BCUT2D eigenvalue weighted by molar-refractivity contribution is 0.0935. The van der Waals surface area contributed by atoms with Crippen LogP contribution in [0.15, 0.2) is 47.4 Å². The van der Waals surface area contributed by atoms with Crippen LogP contribution in [0.1, 0.15) is 48.1 Å². The highest BCUT2D eigenvalue weighted by Gasteiger charge is 2.27. The summed E-state index contributed by atoms with van der Waals surface area (Å²) in [6, 6.07) is 11.4. The molecule has 1 amide bonds. The first-order valence-electron chi connectivity index (χ1n) is 10.0. The second kappa shape index (κ2) is 9.49. The van der Waals surface area contributed by atoms with E-state index in [9.17, 15) is 13.2 Å². The third kappa shape index (κ3) is 4.60. The number of rotatable bonds is 8. The predicted octanol–water partition coefficient (Wildman–Crippen LogP) is 3.37. The van der Waals surface area contributed by atoms with Crippen molar-refractivity contribution in [3.63, 3.8) is 0 Å². The van der Waals surface area contributed by atoms with Gasteiger partial charge in [-0.1, -0.05) is 13.0 Å². The summed E-state index contributed by atoms with van der Waals surface area (Å²) in [6.45, 7) is 3.08. The number of benzene rings is 2. The number of ether oxygens (including phenoxy) is 2. The largest absolute Gasteiger partial charge is 0.493 e. The number of carbonyl (C=O) groups excluding carboxylic acids is 1. The Hall–Kier alpha value is -2.58. The summed E-state index contributed by atoms with van der Waals surface area (Å²) in [7, 11) is -0.348. The first-order chi connectivity index (χ1) is 14.4. The molecule has 2 aromatic carbocycles. The molecule has 162 valence electrons. The second-order valence-corrected chi connectivity index (χ2v) is 9.12. The van der Waals surface area contributed by atoms with Crippen LogP contribution in [-0.4, -0.2) is 45.9 Å². The summed E-state index contributed by atoms with van der Waals surface area (Å²) >= 11 is 0. The molecule has 3 rings (SSSR count). The highest BCUT2D eigenvalue weighted by Crippen LogP contribution is 2.31. The molecule has 0 aliphatic carbocycles. The van der Waals surface area contributed by atoms with Gasteiger partial charge in [0, 0.05) is 18.7 Å². The molecule has 2 aromatic rings. The van der Waals surface area contributed by atoms with Crippen LogP contribution in [0, 0.1) is 0 Å². The topological polar surface area (TPSA) is 84.9 Å². The molecule has 8 heteroatoms. The van der Waals surface area contributed by atoms with Gasteiger partial charge in [0.05, 0.1) is 25.2 Å². The van der Waals surface area contributed by atoms with Gasteiger partial charge in [-0.2, -0.15) is 4.31 Å². The molecule has 0 saturated carbocycles. The van der Waals surface area contributed by atoms with Crippen LogP contribution >= 0.6 is 0 Å². The Morgan fingerprint density at radius 1 is 1.03 bits per heavy atom. The number of hydrogen-bond donors (Lipinski definition) is 1. The van der Waals surface area contributed by atoms with E-state index in [1.54, 1.807) is 32.4 Å². The van der Waals surface area contributed by atoms with Gasteiger partial charge in [0.2, 0.25) is 10.0 Å². The summed E-state index contributed by atoms with van der Waals surface area (Å²) in [5.41, 5.74) is 1.31. The number of carbonyl (C=O) groups is 1. The van der Waals surface area contributed by atoms with Gasteiger partial charge in [-0.25, -0.2) is 8.42 Å². The molecule has 1 N–H and O–H groups in total. The molecule has 1 unspecified atom stereocenters. The monoisotopic (exact) mass is 432 g/mol. The van der Waals surface area contributed by atoms with Gasteiger partial charge in [-0.05, 0) is 61.2 Å². The van der Waals surface area contributed by atoms with Gasteiger partial charge in [-0.15, -0.1) is 0 Å². The van der Waals surface area contributed by atoms with Crippen molar-refractivity contribution in [1.29, 1.82) is 0 Å². The van der Waals surface area contributed by atoms with Gasteiger partial charge in [0.15, 0.2) is 11.5 Å². The minimum Gasteiger partial charge on any atom is -0.493 e. The van der Waals surface area contributed by atoms with E-state index in [1.807, 2.05) is 19.1 Å². The Morgan fingerprint density at radius 2 is 1.67 bits per heavy atom. The minimum absolute atomic E-state index is 0.216. The normalized spacial score (nSPS) is 15.6. The van der Waals surface area contributed by atoms with Crippen LogP contribution in [0.25, 0.3) is 0 Å². The molecule has 0 bridgehead atoms. The fourth-order valence-electron chi connectivity index (χ4n) is 3.59. The van der Waals surface area contributed by atoms with Crippen molar-refractivity contribution < 1.29 is 22.7 Å². The first-order valence-corrected chi connectivity index (χ1v) is 11.5. The molecular weight excluding hydrogens is 404 g/mol. The molecule has 1 aliphatic heterocycles. The summed E-state index contributed by atoms with van der Waals surface area (Å²) in [6.07, 6.45) is 2.45. The molecule has 1 fully saturated rings. The number of nitrogens with zero attached hydrogens (tertiary/aromatic N) is 1. The average Bonchev–Trinajstić information content (AvgIpc) is 3.33. The Kier molecular flexibility index (Phi) is 6.99. The van der Waals surface area contributed by atoms with Crippen molar-refractivity contribution in [3.8, 4) is 11.5 Å². The summed E-state index contributed by atoms with van der Waals surface area (Å²) in [5, 5.41) is 3.01. The Labute approximate surface area is 178 Å². The van der Waals surface area contributed by atoms with E-state index in [2.05, 4.69) is 5.32 Å². The van der Waals surface area contributed by atoms with Crippen LogP contribution < -0.4 is 14.8 Å². The van der Waals surface area contributed by atoms with Crippen LogP contribution in [0.5, 0.6) is 11.5 Å². The number of nitrogens with one attached hydrogen (secondary N) is 1. The van der Waals surface area contributed by atoms with Gasteiger partial charge >= 0.3 is 0 Å². The van der Waals surface area contributed by atoms with Gasteiger partial charge in [0.1, 0.15) is 0 Å². The highest BCUT2D eigenvalue weighted by atomic mass is 32.2. The number of sulfonamides is 1. The van der Waals surface area contributed by atoms with Crippen LogP contribution in [-0.2, 0) is 10.0 Å². The van der Waals surface area contributed by atoms with Gasteiger partial charge < -0.3 is 14.8 Å². The summed E-state index contributed by atoms with van der Waals surface area (Å²) in [5.74, 6) is 0.957. The number of hydrogen-bond acceptors (Lipinski definition) is 5. The van der Waals surface area contributed by atoms with E-state index in [4.69, 9.17) is 9.47 Å². The molecule has 1 atom stereocenters. The third-order valence-corrected chi connectivity index (χ3v) is 7.26. The Balaban J connectivity index is 1.74. The fourth-order valence-corrected chi connectivity index (χ4v) is 5.11. The fraction of sp³-hybridized carbons (Fsp3) is 0.409. The van der Waals surface area contributed by atoms with Gasteiger partial charge in [0.25, 0.3) is 5.91 Å². The standard InChI is InChI=1S/C22H28N2O5S/c1-4-19(17-9-12-20(28-2)21(15-17)29-3)23-22(25)16-7-10-18(11-8-16)30(26,27)24-13-5-6-14-24/h7-12,15,19H,4-6,13-14H2,1-3H3,(H,23,25). The average molecular weight is 433 g/mol. The molecule has 0 aromatic heterocycles. The zero-order valence-electron chi connectivity index (χ0n) is 17.6. The maximum absolute atomic E-state index is 12.8. The zero-order chi connectivity index (χ0) is 21.7. The lowest BCUT2D eigenvalue weighted by Crippen LogP contribution is -2.29. The van der Waals surface area contributed by atoms with E-state index in [1.165, 1.54) is 16.4 Å². The van der Waals surface area contributed by atoms with Gasteiger partial charge in [-0.3, -0.25) is 4.79 Å². The smallest absolute Gasteiger partial charge is 0.251 e. The SMILES string of the molecule is CCC(NC(=O)c1ccc(S(=O)(=O)N2CCCC2)cc1)c1ccc(OC)c(OC)c1. The Morgan fingerprint density at radius 3 is 2.23 bits per heavy atom. The maximum Gasteiger partial charge on any atom is 0.251 e. The molecule has 1 aliphatic rings. The molecule has 1 heterocycles. The van der Waals surface area contributed by atoms with Crippen molar-refractivity contribution in [2.75, 3.05) is 27.3 Å². The quantitative estimate of drug-likeness (QED) is 0.691. The van der Waals surface area contributed by atoms with Crippen LogP contribution in [0.4, 0.5) is 0 Å². The molecular formula is C22H28N2O5S. The third-order valence-electron chi connectivity index (χ3n) is 5.34. The minimum atomic E-state index is -3.49. The van der Waals surface area contributed by atoms with Crippen molar-refractivity contribution >= 4 is 15.9 Å². The highest BCUT2D eigenvalue weighted by molar-refractivity contribution is 7.89. The van der Waals surface area contributed by atoms with E-state index in [0.717, 1.165) is 18.4 Å². The second-order valence-electron chi connectivity index (χ2n) is 7.18. The molecule has 1 saturated heterocycles. The molecule has 30 heavy (non-hydrogen) atoms. The van der Waals surface area contributed by atoms with Crippen LogP contribution in [0.3, 0.4) is 0 Å². The van der Waals surface area contributed by atoms with Crippen molar-refractivity contribution in [1.82, 2.24) is 9.62 Å². The van der Waals surface area contributed by atoms with E-state index in [-0.39, 0.29) is 16.8 Å². The molecule has 0 spiro atoms. The van der Waals surface area contributed by atoms with Crippen molar-refractivity contribution in [2.24, 2.45) is 0 Å². The van der Waals surface area contributed by atoms with E-state index >= 15 is 0 Å². The Bertz CT molecular complexity index is 983.